The van der Waals surface area contributed by atoms with Crippen LogP contribution in [0.15, 0.2) is 80.1 Å². The number of benzene rings is 1. The van der Waals surface area contributed by atoms with Crippen LogP contribution in [0, 0.1) is 6.92 Å². The second-order valence-corrected chi connectivity index (χ2v) is 7.94. The number of furan rings is 2. The fourth-order valence-electron chi connectivity index (χ4n) is 3.34. The van der Waals surface area contributed by atoms with E-state index in [1.807, 2.05) is 43.3 Å². The molecule has 0 fully saturated rings. The molecule has 1 atom stereocenters. The quantitative estimate of drug-likeness (QED) is 0.427. The number of nitrogens with zero attached hydrogens (tertiary/aromatic N) is 6. The van der Waals surface area contributed by atoms with Crippen molar-refractivity contribution in [1.29, 1.82) is 0 Å². The minimum absolute atomic E-state index is 0.123. The molecule has 0 aliphatic carbocycles. The molecule has 0 saturated carbocycles. The molecule has 1 aromatic carbocycles. The summed E-state index contributed by atoms with van der Waals surface area (Å²) < 4.78 is 12.6. The maximum Gasteiger partial charge on any atom is 0.253 e. The molecule has 0 saturated heterocycles. The van der Waals surface area contributed by atoms with Crippen molar-refractivity contribution < 1.29 is 13.6 Å². The maximum absolute atomic E-state index is 13.1. The molecule has 1 amide bonds. The average molecular weight is 434 g/mol. The zero-order valence-corrected chi connectivity index (χ0v) is 17.4. The van der Waals surface area contributed by atoms with Gasteiger partial charge in [-0.25, -0.2) is 5.01 Å². The van der Waals surface area contributed by atoms with Crippen molar-refractivity contribution in [3.05, 3.63) is 78.1 Å². The van der Waals surface area contributed by atoms with Crippen molar-refractivity contribution in [3.63, 3.8) is 0 Å². The molecule has 10 heteroatoms. The lowest BCUT2D eigenvalue weighted by molar-refractivity contribution is -0.130. The zero-order valence-electron chi connectivity index (χ0n) is 16.6. The van der Waals surface area contributed by atoms with Gasteiger partial charge < -0.3 is 8.83 Å². The van der Waals surface area contributed by atoms with Crippen LogP contribution >= 0.6 is 11.8 Å². The maximum atomic E-state index is 13.1. The molecule has 1 unspecified atom stereocenters. The van der Waals surface area contributed by atoms with Crippen LogP contribution in [0.1, 0.15) is 29.5 Å². The second-order valence-electron chi connectivity index (χ2n) is 7.00. The Kier molecular flexibility index (Phi) is 5.13. The fourth-order valence-corrected chi connectivity index (χ4v) is 4.09. The minimum Gasteiger partial charge on any atom is -0.467 e. The van der Waals surface area contributed by atoms with Gasteiger partial charge in [-0.1, -0.05) is 29.5 Å². The van der Waals surface area contributed by atoms with E-state index in [-0.39, 0.29) is 17.7 Å². The van der Waals surface area contributed by atoms with Crippen LogP contribution in [0.5, 0.6) is 0 Å². The van der Waals surface area contributed by atoms with E-state index in [4.69, 9.17) is 8.83 Å². The van der Waals surface area contributed by atoms with Gasteiger partial charge in [0.25, 0.3) is 5.91 Å². The van der Waals surface area contributed by atoms with Crippen LogP contribution in [0.4, 0.5) is 0 Å². The fraction of sp³-hybridized carbons (Fsp3) is 0.190. The molecule has 1 aliphatic rings. The van der Waals surface area contributed by atoms with Crippen molar-refractivity contribution in [3.8, 4) is 5.69 Å². The van der Waals surface area contributed by atoms with Crippen LogP contribution in [0.3, 0.4) is 0 Å². The number of aryl methyl sites for hydroxylation is 1. The van der Waals surface area contributed by atoms with Gasteiger partial charge in [0.2, 0.25) is 5.16 Å². The number of hydrogen-bond acceptors (Lipinski definition) is 8. The highest BCUT2D eigenvalue weighted by molar-refractivity contribution is 7.99. The Balaban J connectivity index is 1.34. The van der Waals surface area contributed by atoms with E-state index in [2.05, 4.69) is 20.6 Å². The Morgan fingerprint density at radius 2 is 1.94 bits per heavy atom. The summed E-state index contributed by atoms with van der Waals surface area (Å²) in [4.78, 5) is 13.1. The Morgan fingerprint density at radius 3 is 2.68 bits per heavy atom. The summed E-state index contributed by atoms with van der Waals surface area (Å²) in [5.74, 6) is 1.26. The van der Waals surface area contributed by atoms with Gasteiger partial charge in [0, 0.05) is 6.42 Å². The van der Waals surface area contributed by atoms with Crippen molar-refractivity contribution in [2.24, 2.45) is 5.10 Å². The molecule has 31 heavy (non-hydrogen) atoms. The molecule has 0 bridgehead atoms. The Labute approximate surface area is 181 Å². The number of aromatic nitrogens is 4. The number of hydrazone groups is 1. The molecule has 3 aromatic heterocycles. The van der Waals surface area contributed by atoms with E-state index in [0.29, 0.717) is 28.8 Å². The summed E-state index contributed by atoms with van der Waals surface area (Å²) in [6.45, 7) is 2.01. The SMILES string of the molecule is Cc1ccc(-n2nnnc2SCC(=O)N2N=C(c3ccco3)CC2c2ccco2)cc1. The lowest BCUT2D eigenvalue weighted by Gasteiger charge is -2.19. The number of amides is 1. The summed E-state index contributed by atoms with van der Waals surface area (Å²) in [5.41, 5.74) is 2.68. The first kappa shape index (κ1) is 19.3. The van der Waals surface area contributed by atoms with Gasteiger partial charge >= 0.3 is 0 Å². The molecule has 4 aromatic rings. The molecule has 9 nitrogen and oxygen atoms in total. The first-order chi connectivity index (χ1) is 15.2. The summed E-state index contributed by atoms with van der Waals surface area (Å²) in [5, 5.41) is 18.4. The zero-order chi connectivity index (χ0) is 21.2. The van der Waals surface area contributed by atoms with Crippen LogP contribution < -0.4 is 0 Å². The van der Waals surface area contributed by atoms with Gasteiger partial charge in [-0.05, 0) is 53.7 Å². The predicted molar refractivity (Wildman–Crippen MR) is 113 cm³/mol. The van der Waals surface area contributed by atoms with Crippen molar-refractivity contribution >= 4 is 23.4 Å². The van der Waals surface area contributed by atoms with Crippen LogP contribution in [0.25, 0.3) is 5.69 Å². The average Bonchev–Trinajstić information content (AvgIpc) is 3.58. The van der Waals surface area contributed by atoms with Gasteiger partial charge in [0.15, 0.2) is 0 Å². The van der Waals surface area contributed by atoms with E-state index in [1.165, 1.54) is 16.8 Å². The third-order valence-corrected chi connectivity index (χ3v) is 5.79. The van der Waals surface area contributed by atoms with Gasteiger partial charge in [-0.2, -0.15) is 9.78 Å². The van der Waals surface area contributed by atoms with Crippen LogP contribution in [-0.2, 0) is 4.79 Å². The summed E-state index contributed by atoms with van der Waals surface area (Å²) in [6.07, 6.45) is 3.69. The van der Waals surface area contributed by atoms with Crippen LogP contribution in [0.2, 0.25) is 0 Å². The van der Waals surface area contributed by atoms with Crippen molar-refractivity contribution in [2.45, 2.75) is 24.5 Å². The third kappa shape index (κ3) is 3.89. The van der Waals surface area contributed by atoms with Crippen molar-refractivity contribution in [1.82, 2.24) is 25.2 Å². The number of carbonyl (C=O) groups is 1. The Morgan fingerprint density at radius 1 is 1.13 bits per heavy atom. The van der Waals surface area contributed by atoms with E-state index >= 15 is 0 Å². The van der Waals surface area contributed by atoms with Crippen molar-refractivity contribution in [2.75, 3.05) is 5.75 Å². The highest BCUT2D eigenvalue weighted by atomic mass is 32.2. The first-order valence-corrected chi connectivity index (χ1v) is 10.6. The molecular formula is C21H18N6O3S. The van der Waals surface area contributed by atoms with Gasteiger partial charge in [-0.3, -0.25) is 4.79 Å². The molecule has 0 radical (unpaired) electrons. The van der Waals surface area contributed by atoms with Gasteiger partial charge in [0.05, 0.1) is 24.0 Å². The van der Waals surface area contributed by atoms with E-state index in [1.54, 1.807) is 29.3 Å². The molecule has 1 aliphatic heterocycles. The molecule has 156 valence electrons. The number of thioether (sulfide) groups is 1. The summed E-state index contributed by atoms with van der Waals surface area (Å²) in [7, 11) is 0. The minimum atomic E-state index is -0.323. The summed E-state index contributed by atoms with van der Waals surface area (Å²) in [6, 6.07) is 14.8. The normalized spacial score (nSPS) is 16.0. The van der Waals surface area contributed by atoms with E-state index in [9.17, 15) is 4.79 Å². The number of rotatable bonds is 6. The Hall–Kier alpha value is -3.66. The smallest absolute Gasteiger partial charge is 0.253 e. The molecule has 0 spiro atoms. The number of carbonyl (C=O) groups excluding carboxylic acids is 1. The number of tetrazole rings is 1. The molecule has 0 N–H and O–H groups in total. The predicted octanol–water partition coefficient (Wildman–Crippen LogP) is 3.63. The standard InChI is InChI=1S/C21H18N6O3S/c1-14-6-8-15(9-7-14)26-21(22-24-25-26)31-13-20(28)27-17(19-5-3-11-30-19)12-16(23-27)18-4-2-10-29-18/h2-11,17H,12-13H2,1H3. The van der Waals surface area contributed by atoms with Crippen LogP contribution in [-0.4, -0.2) is 42.6 Å². The van der Waals surface area contributed by atoms with E-state index < -0.39 is 0 Å². The topological polar surface area (TPSA) is 103 Å². The lowest BCUT2D eigenvalue weighted by Crippen LogP contribution is -2.28. The highest BCUT2D eigenvalue weighted by Gasteiger charge is 2.35. The summed E-state index contributed by atoms with van der Waals surface area (Å²) >= 11 is 1.26. The number of hydrogen-bond donors (Lipinski definition) is 0. The molecule has 4 heterocycles. The van der Waals surface area contributed by atoms with Gasteiger partial charge in [-0.15, -0.1) is 5.10 Å². The largest absolute Gasteiger partial charge is 0.467 e. The molecular weight excluding hydrogens is 416 g/mol. The second kappa shape index (κ2) is 8.23. The molecule has 5 rings (SSSR count). The highest BCUT2D eigenvalue weighted by Crippen LogP contribution is 2.34. The monoisotopic (exact) mass is 434 g/mol. The van der Waals surface area contributed by atoms with Gasteiger partial charge in [0.1, 0.15) is 23.3 Å². The first-order valence-electron chi connectivity index (χ1n) is 9.64. The Bertz CT molecular complexity index is 1200. The third-order valence-electron chi connectivity index (χ3n) is 4.89. The van der Waals surface area contributed by atoms with E-state index in [0.717, 1.165) is 11.3 Å². The lowest BCUT2D eigenvalue weighted by atomic mass is 10.1.